The summed E-state index contributed by atoms with van der Waals surface area (Å²) in [7, 11) is 0. The number of nitrogens with one attached hydrogen (secondary N) is 2. The van der Waals surface area contributed by atoms with Crippen LogP contribution in [0.25, 0.3) is 11.1 Å². The first-order valence-corrected chi connectivity index (χ1v) is 10.4. The van der Waals surface area contributed by atoms with Gasteiger partial charge in [0, 0.05) is 37.1 Å². The topological polar surface area (TPSA) is 57.3 Å². The van der Waals surface area contributed by atoms with Gasteiger partial charge in [0.15, 0.2) is 0 Å². The largest absolute Gasteiger partial charge is 0.416 e. The maximum absolute atomic E-state index is 12.9. The molecule has 2 aliphatic heterocycles. The lowest BCUT2D eigenvalue weighted by molar-refractivity contribution is -0.137. The maximum Gasteiger partial charge on any atom is 0.416 e. The molecule has 2 amide bonds. The molecule has 1 unspecified atom stereocenters. The Morgan fingerprint density at radius 1 is 0.969 bits per heavy atom. The van der Waals surface area contributed by atoms with Gasteiger partial charge < -0.3 is 15.5 Å². The van der Waals surface area contributed by atoms with Gasteiger partial charge >= 0.3 is 12.2 Å². The van der Waals surface area contributed by atoms with E-state index in [0.717, 1.165) is 23.3 Å². The van der Waals surface area contributed by atoms with Crippen molar-refractivity contribution >= 4 is 11.7 Å². The van der Waals surface area contributed by atoms with Crippen LogP contribution < -0.4 is 10.6 Å². The molecule has 5 rings (SSSR count). The lowest BCUT2D eigenvalue weighted by Crippen LogP contribution is -2.74. The lowest BCUT2D eigenvalue weighted by Gasteiger charge is -2.59. The number of nitrogens with zero attached hydrogens (tertiary/aromatic N) is 2. The number of piperazine rings is 1. The molecule has 32 heavy (non-hydrogen) atoms. The number of pyridine rings is 1. The number of aromatic nitrogens is 1. The van der Waals surface area contributed by atoms with Gasteiger partial charge in [-0.1, -0.05) is 30.3 Å². The molecule has 2 N–H and O–H groups in total. The third-order valence-electron chi connectivity index (χ3n) is 6.24. The van der Waals surface area contributed by atoms with Crippen LogP contribution in [0.4, 0.5) is 23.7 Å². The van der Waals surface area contributed by atoms with Crippen molar-refractivity contribution in [2.75, 3.05) is 18.4 Å². The molecule has 3 heterocycles. The van der Waals surface area contributed by atoms with E-state index in [4.69, 9.17) is 0 Å². The average Bonchev–Trinajstić information content (AvgIpc) is 2.80. The summed E-state index contributed by atoms with van der Waals surface area (Å²) in [6.45, 7) is 1.35. The normalized spacial score (nSPS) is 22.2. The first-order chi connectivity index (χ1) is 15.4. The highest BCUT2D eigenvalue weighted by Crippen LogP contribution is 2.43. The van der Waals surface area contributed by atoms with Crippen LogP contribution in [0.15, 0.2) is 73.1 Å². The van der Waals surface area contributed by atoms with E-state index < -0.39 is 11.7 Å². The van der Waals surface area contributed by atoms with Gasteiger partial charge in [-0.2, -0.15) is 13.2 Å². The molecule has 2 fully saturated rings. The molecule has 2 saturated heterocycles. The van der Waals surface area contributed by atoms with Crippen molar-refractivity contribution in [1.82, 2.24) is 15.2 Å². The van der Waals surface area contributed by atoms with Crippen molar-refractivity contribution in [3.8, 4) is 11.1 Å². The zero-order valence-electron chi connectivity index (χ0n) is 17.0. The number of hydrogen-bond donors (Lipinski definition) is 2. The molecular formula is C24H21F3N4O. The summed E-state index contributed by atoms with van der Waals surface area (Å²) >= 11 is 0. The number of carbonyl (C=O) groups is 1. The maximum atomic E-state index is 12.9. The van der Waals surface area contributed by atoms with E-state index in [9.17, 15) is 18.0 Å². The monoisotopic (exact) mass is 438 g/mol. The standard InChI is InChI=1S/C24H21F3N4O/c25-24(26,27)18-7-9-19(10-8-18)30-23(32)31-20-13-29-14-21(31)22(20)16-5-3-15(4-6-16)17-2-1-11-28-12-17/h1-12,20-22,29H,13-14H2,(H,30,32)/t20-,21+,22?. The Morgan fingerprint density at radius 3 is 2.25 bits per heavy atom. The third kappa shape index (κ3) is 3.71. The highest BCUT2D eigenvalue weighted by Gasteiger charge is 2.53. The number of carbonyl (C=O) groups excluding carboxylic acids is 1. The molecule has 8 heteroatoms. The number of alkyl halides is 3. The number of benzene rings is 2. The van der Waals surface area contributed by atoms with E-state index in [1.165, 1.54) is 17.7 Å². The Hall–Kier alpha value is -3.39. The van der Waals surface area contributed by atoms with Crippen molar-refractivity contribution in [1.29, 1.82) is 0 Å². The number of rotatable bonds is 3. The SMILES string of the molecule is O=C(Nc1ccc(C(F)(F)F)cc1)N1[C@@H]2CNC[C@H]1C2c1ccc(-c2cccnc2)cc1. The number of urea groups is 1. The number of anilines is 1. The van der Waals surface area contributed by atoms with Gasteiger partial charge in [-0.15, -0.1) is 0 Å². The molecular weight excluding hydrogens is 417 g/mol. The second kappa shape index (κ2) is 7.94. The summed E-state index contributed by atoms with van der Waals surface area (Å²) in [4.78, 5) is 18.8. The third-order valence-corrected chi connectivity index (χ3v) is 6.24. The Kier molecular flexibility index (Phi) is 5.09. The number of amides is 2. The van der Waals surface area contributed by atoms with Crippen molar-refractivity contribution in [2.45, 2.75) is 24.2 Å². The predicted molar refractivity (Wildman–Crippen MR) is 115 cm³/mol. The minimum atomic E-state index is -4.40. The van der Waals surface area contributed by atoms with Gasteiger partial charge in [0.05, 0.1) is 17.6 Å². The Morgan fingerprint density at radius 2 is 1.66 bits per heavy atom. The summed E-state index contributed by atoms with van der Waals surface area (Å²) in [5.74, 6) is 0.220. The number of piperidine rings is 1. The molecule has 3 atom stereocenters. The number of halogens is 3. The minimum absolute atomic E-state index is 0.00700. The van der Waals surface area contributed by atoms with Crippen LogP contribution in [0.3, 0.4) is 0 Å². The van der Waals surface area contributed by atoms with Crippen LogP contribution in [0.2, 0.25) is 0 Å². The summed E-state index contributed by atoms with van der Waals surface area (Å²) in [5.41, 5.74) is 2.91. The highest BCUT2D eigenvalue weighted by atomic mass is 19.4. The predicted octanol–water partition coefficient (Wildman–Crippen LogP) is 4.74. The van der Waals surface area contributed by atoms with Crippen molar-refractivity contribution in [3.63, 3.8) is 0 Å². The number of fused-ring (bicyclic) bond motifs is 2. The zero-order chi connectivity index (χ0) is 22.3. The van der Waals surface area contributed by atoms with E-state index in [0.29, 0.717) is 18.8 Å². The molecule has 0 aliphatic carbocycles. The van der Waals surface area contributed by atoms with E-state index in [2.05, 4.69) is 39.9 Å². The smallest absolute Gasteiger partial charge is 0.315 e. The van der Waals surface area contributed by atoms with Crippen LogP contribution in [0, 0.1) is 0 Å². The van der Waals surface area contributed by atoms with Gasteiger partial charge in [0.1, 0.15) is 0 Å². The van der Waals surface area contributed by atoms with Crippen molar-refractivity contribution in [2.24, 2.45) is 0 Å². The fourth-order valence-corrected chi connectivity index (χ4v) is 4.68. The molecule has 0 radical (unpaired) electrons. The van der Waals surface area contributed by atoms with Crippen LogP contribution in [-0.2, 0) is 6.18 Å². The van der Waals surface area contributed by atoms with Gasteiger partial charge in [0.2, 0.25) is 0 Å². The van der Waals surface area contributed by atoms with E-state index in [1.807, 2.05) is 18.3 Å². The lowest BCUT2D eigenvalue weighted by atomic mass is 9.72. The van der Waals surface area contributed by atoms with Gasteiger partial charge in [-0.3, -0.25) is 4.98 Å². The molecule has 5 nitrogen and oxygen atoms in total. The summed E-state index contributed by atoms with van der Waals surface area (Å²) in [6, 6.07) is 16.5. The second-order valence-corrected chi connectivity index (χ2v) is 8.09. The van der Waals surface area contributed by atoms with E-state index >= 15 is 0 Å². The Labute approximate surface area is 183 Å². The van der Waals surface area contributed by atoms with Gasteiger partial charge in [-0.05, 0) is 47.0 Å². The molecule has 0 spiro atoms. The first-order valence-electron chi connectivity index (χ1n) is 10.4. The summed E-state index contributed by atoms with van der Waals surface area (Å²) < 4.78 is 38.3. The number of hydrogen-bond acceptors (Lipinski definition) is 3. The molecule has 2 aliphatic rings. The fourth-order valence-electron chi connectivity index (χ4n) is 4.68. The second-order valence-electron chi connectivity index (χ2n) is 8.09. The molecule has 3 aromatic rings. The van der Waals surface area contributed by atoms with Crippen LogP contribution in [0.1, 0.15) is 17.0 Å². The quantitative estimate of drug-likeness (QED) is 0.621. The first kappa shape index (κ1) is 20.5. The minimum Gasteiger partial charge on any atom is -0.315 e. The average molecular weight is 438 g/mol. The van der Waals surface area contributed by atoms with Crippen molar-refractivity contribution in [3.05, 3.63) is 84.2 Å². The summed E-state index contributed by atoms with van der Waals surface area (Å²) in [5, 5.41) is 6.08. The van der Waals surface area contributed by atoms with Gasteiger partial charge in [-0.25, -0.2) is 4.79 Å². The zero-order valence-corrected chi connectivity index (χ0v) is 17.0. The van der Waals surface area contributed by atoms with E-state index in [1.54, 1.807) is 11.1 Å². The Bertz CT molecular complexity index is 1090. The fraction of sp³-hybridized carbons (Fsp3) is 0.250. The molecule has 1 aromatic heterocycles. The highest BCUT2D eigenvalue weighted by molar-refractivity contribution is 5.91. The Balaban J connectivity index is 1.28. The molecule has 0 saturated carbocycles. The van der Waals surface area contributed by atoms with E-state index in [-0.39, 0.29) is 24.0 Å². The van der Waals surface area contributed by atoms with Crippen LogP contribution in [-0.4, -0.2) is 41.1 Å². The molecule has 2 bridgehead atoms. The molecule has 164 valence electrons. The summed E-state index contributed by atoms with van der Waals surface area (Å²) in [6.07, 6.45) is -0.836. The van der Waals surface area contributed by atoms with Gasteiger partial charge in [0.25, 0.3) is 0 Å². The van der Waals surface area contributed by atoms with Crippen molar-refractivity contribution < 1.29 is 18.0 Å². The van der Waals surface area contributed by atoms with Crippen LogP contribution >= 0.6 is 0 Å². The van der Waals surface area contributed by atoms with Crippen LogP contribution in [0.5, 0.6) is 0 Å². The molecule has 2 aromatic carbocycles.